The number of nitrogens with one attached hydrogen (secondary N) is 3. The standard InChI is InChI=1S/C15H16N4O2/c20-13-4-2-1-3-11(13)15(21)17-14-9-12(18-19-14)10-5-7-16-8-6-10/h1-8,12,14,18-20H,9H2,(H,17,21). The molecule has 1 aromatic carbocycles. The van der Waals surface area contributed by atoms with Crippen molar-refractivity contribution in [2.75, 3.05) is 0 Å². The summed E-state index contributed by atoms with van der Waals surface area (Å²) in [6, 6.07) is 10.5. The van der Waals surface area contributed by atoms with Crippen LogP contribution in [-0.4, -0.2) is 22.2 Å². The third-order valence-electron chi connectivity index (χ3n) is 3.47. The van der Waals surface area contributed by atoms with Crippen LogP contribution in [-0.2, 0) is 0 Å². The molecule has 1 aliphatic rings. The minimum Gasteiger partial charge on any atom is -0.507 e. The molecule has 6 heteroatoms. The van der Waals surface area contributed by atoms with Crippen molar-refractivity contribution in [2.24, 2.45) is 0 Å². The van der Waals surface area contributed by atoms with Crippen LogP contribution in [0.4, 0.5) is 0 Å². The predicted molar refractivity (Wildman–Crippen MR) is 77.2 cm³/mol. The molecule has 1 aromatic heterocycles. The summed E-state index contributed by atoms with van der Waals surface area (Å²) < 4.78 is 0. The Morgan fingerprint density at radius 1 is 1.19 bits per heavy atom. The van der Waals surface area contributed by atoms with E-state index in [4.69, 9.17) is 0 Å². The number of pyridine rings is 1. The van der Waals surface area contributed by atoms with Crippen molar-refractivity contribution < 1.29 is 9.90 Å². The summed E-state index contributed by atoms with van der Waals surface area (Å²) in [6.07, 6.45) is 3.99. The molecule has 1 saturated heterocycles. The molecule has 1 aliphatic heterocycles. The molecular weight excluding hydrogens is 268 g/mol. The zero-order chi connectivity index (χ0) is 14.7. The lowest BCUT2D eigenvalue weighted by Gasteiger charge is -2.12. The van der Waals surface area contributed by atoms with Gasteiger partial charge in [-0.15, -0.1) is 0 Å². The van der Waals surface area contributed by atoms with Gasteiger partial charge in [-0.05, 0) is 29.8 Å². The molecule has 2 aromatic rings. The second kappa shape index (κ2) is 5.90. The Morgan fingerprint density at radius 2 is 1.95 bits per heavy atom. The first-order chi connectivity index (χ1) is 10.2. The van der Waals surface area contributed by atoms with Crippen LogP contribution in [0.15, 0.2) is 48.8 Å². The van der Waals surface area contributed by atoms with Gasteiger partial charge in [0.25, 0.3) is 5.91 Å². The van der Waals surface area contributed by atoms with Crippen LogP contribution < -0.4 is 16.2 Å². The number of amides is 1. The number of hydrogen-bond acceptors (Lipinski definition) is 5. The zero-order valence-corrected chi connectivity index (χ0v) is 11.3. The van der Waals surface area contributed by atoms with Gasteiger partial charge in [-0.1, -0.05) is 12.1 Å². The number of aromatic nitrogens is 1. The lowest BCUT2D eigenvalue weighted by atomic mass is 10.1. The van der Waals surface area contributed by atoms with Gasteiger partial charge in [-0.2, -0.15) is 0 Å². The summed E-state index contributed by atoms with van der Waals surface area (Å²) in [6.45, 7) is 0. The van der Waals surface area contributed by atoms with E-state index in [0.717, 1.165) is 5.56 Å². The Bertz CT molecular complexity index is 633. The second-order valence-electron chi connectivity index (χ2n) is 4.90. The quantitative estimate of drug-likeness (QED) is 0.677. The van der Waals surface area contributed by atoms with Crippen molar-refractivity contribution in [3.63, 3.8) is 0 Å². The number of hydrazine groups is 1. The molecule has 0 bridgehead atoms. The predicted octanol–water partition coefficient (Wildman–Crippen LogP) is 1.08. The summed E-state index contributed by atoms with van der Waals surface area (Å²) in [5.41, 5.74) is 7.56. The molecule has 0 spiro atoms. The van der Waals surface area contributed by atoms with E-state index in [2.05, 4.69) is 21.2 Å². The minimum atomic E-state index is -0.303. The number of rotatable bonds is 3. The summed E-state index contributed by atoms with van der Waals surface area (Å²) in [5.74, 6) is -0.325. The first-order valence-corrected chi connectivity index (χ1v) is 6.74. The number of para-hydroxylation sites is 1. The maximum absolute atomic E-state index is 12.1. The molecule has 0 aliphatic carbocycles. The van der Waals surface area contributed by atoms with Crippen molar-refractivity contribution in [1.82, 2.24) is 21.2 Å². The van der Waals surface area contributed by atoms with Gasteiger partial charge >= 0.3 is 0 Å². The topological polar surface area (TPSA) is 86.3 Å². The SMILES string of the molecule is O=C(NC1CC(c2ccncc2)NN1)c1ccccc1O. The number of benzene rings is 1. The van der Waals surface area contributed by atoms with E-state index in [-0.39, 0.29) is 29.4 Å². The number of hydrogen-bond donors (Lipinski definition) is 4. The van der Waals surface area contributed by atoms with Gasteiger partial charge in [0.2, 0.25) is 0 Å². The van der Waals surface area contributed by atoms with Crippen molar-refractivity contribution in [1.29, 1.82) is 0 Å². The van der Waals surface area contributed by atoms with Crippen LogP contribution in [0.5, 0.6) is 5.75 Å². The van der Waals surface area contributed by atoms with Gasteiger partial charge < -0.3 is 10.4 Å². The Hall–Kier alpha value is -2.44. The molecule has 21 heavy (non-hydrogen) atoms. The number of aromatic hydroxyl groups is 1. The summed E-state index contributed by atoms with van der Waals surface area (Å²) in [4.78, 5) is 16.1. The highest BCUT2D eigenvalue weighted by atomic mass is 16.3. The Balaban J connectivity index is 1.63. The highest BCUT2D eigenvalue weighted by molar-refractivity contribution is 5.96. The summed E-state index contributed by atoms with van der Waals surface area (Å²) in [5, 5.41) is 12.5. The molecule has 6 nitrogen and oxygen atoms in total. The van der Waals surface area contributed by atoms with Gasteiger partial charge in [0.15, 0.2) is 0 Å². The molecule has 0 radical (unpaired) electrons. The van der Waals surface area contributed by atoms with Gasteiger partial charge in [-0.25, -0.2) is 10.9 Å². The van der Waals surface area contributed by atoms with E-state index in [1.54, 1.807) is 30.6 Å². The molecule has 2 atom stereocenters. The normalized spacial score (nSPS) is 21.1. The highest BCUT2D eigenvalue weighted by Gasteiger charge is 2.26. The molecule has 1 fully saturated rings. The molecule has 1 amide bonds. The second-order valence-corrected chi connectivity index (χ2v) is 4.90. The van der Waals surface area contributed by atoms with Crippen LogP contribution in [0.3, 0.4) is 0 Å². The molecule has 108 valence electrons. The zero-order valence-electron chi connectivity index (χ0n) is 11.3. The summed E-state index contributed by atoms with van der Waals surface area (Å²) in [7, 11) is 0. The van der Waals surface area contributed by atoms with E-state index < -0.39 is 0 Å². The maximum Gasteiger partial charge on any atom is 0.256 e. The molecule has 3 rings (SSSR count). The van der Waals surface area contributed by atoms with Crippen molar-refractivity contribution in [3.8, 4) is 5.75 Å². The fourth-order valence-corrected chi connectivity index (χ4v) is 2.37. The number of carbonyl (C=O) groups is 1. The number of phenols is 1. The largest absolute Gasteiger partial charge is 0.507 e. The Labute approximate surface area is 122 Å². The number of nitrogens with zero attached hydrogens (tertiary/aromatic N) is 1. The minimum absolute atomic E-state index is 0.0216. The Morgan fingerprint density at radius 3 is 2.71 bits per heavy atom. The monoisotopic (exact) mass is 284 g/mol. The van der Waals surface area contributed by atoms with Crippen molar-refractivity contribution in [2.45, 2.75) is 18.6 Å². The first kappa shape index (κ1) is 13.5. The molecule has 4 N–H and O–H groups in total. The number of phenolic OH excluding ortho intramolecular Hbond substituents is 1. The van der Waals surface area contributed by atoms with E-state index in [1.807, 2.05) is 12.1 Å². The van der Waals surface area contributed by atoms with Crippen LogP contribution in [0, 0.1) is 0 Å². The summed E-state index contributed by atoms with van der Waals surface area (Å²) >= 11 is 0. The fourth-order valence-electron chi connectivity index (χ4n) is 2.37. The van der Waals surface area contributed by atoms with Crippen LogP contribution >= 0.6 is 0 Å². The Kier molecular flexibility index (Phi) is 3.81. The molecule has 2 unspecified atom stereocenters. The van der Waals surface area contributed by atoms with Gasteiger partial charge in [-0.3, -0.25) is 9.78 Å². The van der Waals surface area contributed by atoms with E-state index in [9.17, 15) is 9.90 Å². The van der Waals surface area contributed by atoms with Gasteiger partial charge in [0.1, 0.15) is 5.75 Å². The van der Waals surface area contributed by atoms with E-state index in [0.29, 0.717) is 6.42 Å². The van der Waals surface area contributed by atoms with E-state index in [1.165, 1.54) is 6.07 Å². The van der Waals surface area contributed by atoms with Crippen LogP contribution in [0.1, 0.15) is 28.4 Å². The lowest BCUT2D eigenvalue weighted by molar-refractivity contribution is 0.0929. The number of carbonyl (C=O) groups excluding carboxylic acids is 1. The van der Waals surface area contributed by atoms with Crippen LogP contribution in [0.25, 0.3) is 0 Å². The van der Waals surface area contributed by atoms with Crippen molar-refractivity contribution >= 4 is 5.91 Å². The average molecular weight is 284 g/mol. The highest BCUT2D eigenvalue weighted by Crippen LogP contribution is 2.21. The van der Waals surface area contributed by atoms with Crippen LogP contribution in [0.2, 0.25) is 0 Å². The first-order valence-electron chi connectivity index (χ1n) is 6.74. The molecular formula is C15H16N4O2. The average Bonchev–Trinajstić information content (AvgIpc) is 2.97. The van der Waals surface area contributed by atoms with Gasteiger partial charge in [0, 0.05) is 24.9 Å². The lowest BCUT2D eigenvalue weighted by Crippen LogP contribution is -2.44. The third kappa shape index (κ3) is 3.01. The third-order valence-corrected chi connectivity index (χ3v) is 3.47. The van der Waals surface area contributed by atoms with Gasteiger partial charge in [0.05, 0.1) is 11.7 Å². The van der Waals surface area contributed by atoms with Crippen molar-refractivity contribution in [3.05, 3.63) is 59.9 Å². The molecule has 2 heterocycles. The maximum atomic E-state index is 12.1. The smallest absolute Gasteiger partial charge is 0.256 e. The van der Waals surface area contributed by atoms with E-state index >= 15 is 0 Å². The molecule has 0 saturated carbocycles. The fraction of sp³-hybridized carbons (Fsp3) is 0.200.